The zero-order valence-corrected chi connectivity index (χ0v) is 12.5. The number of halogens is 2. The van der Waals surface area contributed by atoms with E-state index in [4.69, 9.17) is 15.8 Å². The van der Waals surface area contributed by atoms with Gasteiger partial charge in [0.25, 0.3) is 9.05 Å². The van der Waals surface area contributed by atoms with E-state index >= 15 is 0 Å². The van der Waals surface area contributed by atoms with E-state index in [1.165, 1.54) is 18.3 Å². The van der Waals surface area contributed by atoms with E-state index in [2.05, 4.69) is 0 Å². The summed E-state index contributed by atoms with van der Waals surface area (Å²) in [6.45, 7) is 0.389. The Morgan fingerprint density at radius 1 is 1.33 bits per heavy atom. The van der Waals surface area contributed by atoms with Gasteiger partial charge in [-0.05, 0) is 25.0 Å². The first-order valence-electron chi connectivity index (χ1n) is 6.24. The van der Waals surface area contributed by atoms with E-state index in [1.54, 1.807) is 10.6 Å². The molecule has 1 N–H and O–H groups in total. The number of carbonyl (C=O) groups is 1. The Morgan fingerprint density at radius 3 is 2.67 bits per heavy atom. The molecule has 8 heteroatoms. The van der Waals surface area contributed by atoms with Gasteiger partial charge in [-0.1, -0.05) is 6.07 Å². The van der Waals surface area contributed by atoms with Gasteiger partial charge in [0, 0.05) is 29.8 Å². The lowest BCUT2D eigenvalue weighted by Crippen LogP contribution is -1.99. The molecule has 21 heavy (non-hydrogen) atoms. The summed E-state index contributed by atoms with van der Waals surface area (Å²) in [7, 11) is 1.28. The van der Waals surface area contributed by atoms with Gasteiger partial charge in [0.15, 0.2) is 0 Å². The summed E-state index contributed by atoms with van der Waals surface area (Å²) in [4.78, 5) is 10.2. The molecule has 0 atom stereocenters. The van der Waals surface area contributed by atoms with Crippen LogP contribution in [0.25, 0.3) is 10.9 Å². The Morgan fingerprint density at radius 2 is 2.05 bits per heavy atom. The molecule has 0 aliphatic rings. The number of benzene rings is 1. The van der Waals surface area contributed by atoms with Gasteiger partial charge < -0.3 is 9.67 Å². The SMILES string of the molecule is O=C(O)CCCCn1cc(S(=O)(=O)Cl)c2c(F)cccc21. The maximum atomic E-state index is 13.9. The average Bonchev–Trinajstić information content (AvgIpc) is 2.75. The normalized spacial score (nSPS) is 11.9. The lowest BCUT2D eigenvalue weighted by Gasteiger charge is -2.04. The van der Waals surface area contributed by atoms with Crippen molar-refractivity contribution >= 4 is 36.6 Å². The third kappa shape index (κ3) is 3.54. The summed E-state index contributed by atoms with van der Waals surface area (Å²) in [6, 6.07) is 4.25. The Bertz CT molecular complexity index is 785. The van der Waals surface area contributed by atoms with Crippen LogP contribution in [0.1, 0.15) is 19.3 Å². The second-order valence-corrected chi connectivity index (χ2v) is 7.14. The first-order chi connectivity index (χ1) is 9.80. The highest BCUT2D eigenvalue weighted by Crippen LogP contribution is 2.30. The number of aryl methyl sites for hydroxylation is 1. The summed E-state index contributed by atoms with van der Waals surface area (Å²) in [5, 5.41) is 8.54. The predicted molar refractivity (Wildman–Crippen MR) is 76.4 cm³/mol. The largest absolute Gasteiger partial charge is 0.481 e. The molecule has 2 aromatic rings. The molecule has 114 valence electrons. The van der Waals surface area contributed by atoms with Gasteiger partial charge in [-0.2, -0.15) is 0 Å². The first-order valence-corrected chi connectivity index (χ1v) is 8.55. The molecule has 0 unspecified atom stereocenters. The van der Waals surface area contributed by atoms with Crippen LogP contribution < -0.4 is 0 Å². The maximum Gasteiger partial charge on any atom is 0.303 e. The van der Waals surface area contributed by atoms with Gasteiger partial charge in [0.1, 0.15) is 10.7 Å². The number of nitrogens with zero attached hydrogens (tertiary/aromatic N) is 1. The van der Waals surface area contributed by atoms with Crippen LogP contribution in [-0.4, -0.2) is 24.1 Å². The molecule has 0 amide bonds. The van der Waals surface area contributed by atoms with Crippen molar-refractivity contribution in [3.05, 3.63) is 30.2 Å². The van der Waals surface area contributed by atoms with E-state index in [0.717, 1.165) is 0 Å². The molecule has 0 aliphatic carbocycles. The second kappa shape index (κ2) is 6.03. The summed E-state index contributed by atoms with van der Waals surface area (Å²) < 4.78 is 38.5. The summed E-state index contributed by atoms with van der Waals surface area (Å²) >= 11 is 0. The van der Waals surface area contributed by atoms with Crippen LogP contribution in [0.5, 0.6) is 0 Å². The van der Waals surface area contributed by atoms with E-state index in [-0.39, 0.29) is 16.7 Å². The molecule has 0 saturated carbocycles. The van der Waals surface area contributed by atoms with Crippen LogP contribution in [0.2, 0.25) is 0 Å². The van der Waals surface area contributed by atoms with Gasteiger partial charge in [-0.25, -0.2) is 12.8 Å². The average molecular weight is 334 g/mol. The third-order valence-electron chi connectivity index (χ3n) is 3.12. The van der Waals surface area contributed by atoms with E-state index in [1.807, 2.05) is 0 Å². The van der Waals surface area contributed by atoms with Gasteiger partial charge >= 0.3 is 5.97 Å². The minimum atomic E-state index is -4.06. The second-order valence-electron chi connectivity index (χ2n) is 4.61. The number of hydrogen-bond donors (Lipinski definition) is 1. The number of rotatable bonds is 6. The number of carboxylic acid groups (broad SMARTS) is 1. The zero-order valence-electron chi connectivity index (χ0n) is 10.9. The molecular formula is C13H13ClFNO4S. The quantitative estimate of drug-likeness (QED) is 0.651. The molecular weight excluding hydrogens is 321 g/mol. The van der Waals surface area contributed by atoms with E-state index in [0.29, 0.717) is 24.9 Å². The van der Waals surface area contributed by atoms with Crippen molar-refractivity contribution in [3.63, 3.8) is 0 Å². The van der Waals surface area contributed by atoms with Crippen molar-refractivity contribution in [3.8, 4) is 0 Å². The van der Waals surface area contributed by atoms with Crippen LogP contribution >= 0.6 is 10.7 Å². The lowest BCUT2D eigenvalue weighted by atomic mass is 10.2. The minimum Gasteiger partial charge on any atom is -0.481 e. The highest BCUT2D eigenvalue weighted by atomic mass is 35.7. The molecule has 0 bridgehead atoms. The monoisotopic (exact) mass is 333 g/mol. The van der Waals surface area contributed by atoms with Crippen molar-refractivity contribution in [1.82, 2.24) is 4.57 Å². The lowest BCUT2D eigenvalue weighted by molar-refractivity contribution is -0.137. The van der Waals surface area contributed by atoms with Gasteiger partial charge in [-0.15, -0.1) is 0 Å². The van der Waals surface area contributed by atoms with Crippen LogP contribution in [0.15, 0.2) is 29.3 Å². The van der Waals surface area contributed by atoms with Gasteiger partial charge in [-0.3, -0.25) is 4.79 Å². The molecule has 5 nitrogen and oxygen atoms in total. The van der Waals surface area contributed by atoms with Crippen LogP contribution in [0.4, 0.5) is 4.39 Å². The summed E-state index contributed by atoms with van der Waals surface area (Å²) in [5.41, 5.74) is 0.421. The number of carboxylic acids is 1. The van der Waals surface area contributed by atoms with Crippen LogP contribution in [0.3, 0.4) is 0 Å². The van der Waals surface area contributed by atoms with Crippen LogP contribution in [0, 0.1) is 5.82 Å². The minimum absolute atomic E-state index is 0.0359. The maximum absolute atomic E-state index is 13.9. The molecule has 1 aromatic heterocycles. The first kappa shape index (κ1) is 15.8. The van der Waals surface area contributed by atoms with Gasteiger partial charge in [0.2, 0.25) is 0 Å². The van der Waals surface area contributed by atoms with Crippen molar-refractivity contribution < 1.29 is 22.7 Å². The number of hydrogen-bond acceptors (Lipinski definition) is 3. The van der Waals surface area contributed by atoms with Crippen molar-refractivity contribution in [2.75, 3.05) is 0 Å². The van der Waals surface area contributed by atoms with Crippen molar-refractivity contribution in [2.24, 2.45) is 0 Å². The van der Waals surface area contributed by atoms with Gasteiger partial charge in [0.05, 0.1) is 10.9 Å². The number of aliphatic carboxylic acids is 1. The molecule has 0 saturated heterocycles. The Labute approximate surface area is 125 Å². The highest BCUT2D eigenvalue weighted by Gasteiger charge is 2.21. The molecule has 0 aliphatic heterocycles. The van der Waals surface area contributed by atoms with Crippen molar-refractivity contribution in [2.45, 2.75) is 30.7 Å². The molecule has 1 heterocycles. The highest BCUT2D eigenvalue weighted by molar-refractivity contribution is 8.14. The Kier molecular flexibility index (Phi) is 4.53. The predicted octanol–water partition coefficient (Wildman–Crippen LogP) is 2.96. The van der Waals surface area contributed by atoms with E-state index in [9.17, 15) is 17.6 Å². The fraction of sp³-hybridized carbons (Fsp3) is 0.308. The third-order valence-corrected chi connectivity index (χ3v) is 4.46. The molecule has 0 radical (unpaired) electrons. The van der Waals surface area contributed by atoms with Crippen molar-refractivity contribution in [1.29, 1.82) is 0 Å². The molecule has 0 spiro atoms. The fourth-order valence-corrected chi connectivity index (χ4v) is 3.25. The smallest absolute Gasteiger partial charge is 0.303 e. The molecule has 1 aromatic carbocycles. The number of aromatic nitrogens is 1. The fourth-order valence-electron chi connectivity index (χ4n) is 2.20. The topological polar surface area (TPSA) is 76.4 Å². The number of fused-ring (bicyclic) bond motifs is 1. The molecule has 2 rings (SSSR count). The summed E-state index contributed by atoms with van der Waals surface area (Å²) in [6.07, 6.45) is 2.31. The number of unbranched alkanes of at least 4 members (excludes halogenated alkanes) is 1. The Balaban J connectivity index is 2.37. The Hall–Kier alpha value is -1.60. The van der Waals surface area contributed by atoms with E-state index < -0.39 is 20.8 Å². The standard InChI is InChI=1S/C13H13ClFNO4S/c14-21(19,20)11-8-16(7-2-1-6-12(17)18)10-5-3-4-9(15)13(10)11/h3-5,8H,1-2,6-7H2,(H,17,18). The molecule has 0 fully saturated rings. The van der Waals surface area contributed by atoms with Crippen LogP contribution in [-0.2, 0) is 20.4 Å². The zero-order chi connectivity index (χ0) is 15.6. The summed E-state index contributed by atoms with van der Waals surface area (Å²) in [5.74, 6) is -1.54.